The Morgan fingerprint density at radius 3 is 2.61 bits per heavy atom. The van der Waals surface area contributed by atoms with Gasteiger partial charge in [0.1, 0.15) is 5.75 Å². The first-order valence-corrected chi connectivity index (χ1v) is 6.88. The molecule has 0 aliphatic carbocycles. The van der Waals surface area contributed by atoms with Gasteiger partial charge in [0, 0.05) is 30.9 Å². The average molecular weight is 248 g/mol. The Morgan fingerprint density at radius 2 is 2.00 bits per heavy atom. The second-order valence-electron chi connectivity index (χ2n) is 5.23. The minimum absolute atomic E-state index is 0.166. The highest BCUT2D eigenvalue weighted by molar-refractivity contribution is 5.54. The van der Waals surface area contributed by atoms with Crippen molar-refractivity contribution < 1.29 is 4.74 Å². The minimum Gasteiger partial charge on any atom is -0.496 e. The summed E-state index contributed by atoms with van der Waals surface area (Å²) in [4.78, 5) is 2.45. The highest BCUT2D eigenvalue weighted by Crippen LogP contribution is 2.28. The third kappa shape index (κ3) is 3.16. The van der Waals surface area contributed by atoms with Gasteiger partial charge in [0.25, 0.3) is 0 Å². The van der Waals surface area contributed by atoms with Crippen molar-refractivity contribution in [3.63, 3.8) is 0 Å². The van der Waals surface area contributed by atoms with Crippen molar-refractivity contribution in [3.8, 4) is 5.75 Å². The second kappa shape index (κ2) is 6.10. The Balaban J connectivity index is 2.17. The van der Waals surface area contributed by atoms with E-state index in [1.54, 1.807) is 7.11 Å². The van der Waals surface area contributed by atoms with Crippen molar-refractivity contribution in [3.05, 3.63) is 23.8 Å². The van der Waals surface area contributed by atoms with E-state index in [1.165, 1.54) is 30.5 Å². The van der Waals surface area contributed by atoms with Gasteiger partial charge in [-0.05, 0) is 44.2 Å². The van der Waals surface area contributed by atoms with E-state index in [4.69, 9.17) is 10.5 Å². The number of ether oxygens (including phenoxy) is 1. The number of anilines is 1. The number of benzene rings is 1. The summed E-state index contributed by atoms with van der Waals surface area (Å²) >= 11 is 0. The lowest BCUT2D eigenvalue weighted by atomic mass is 10.0. The van der Waals surface area contributed by atoms with Crippen molar-refractivity contribution in [2.24, 2.45) is 5.73 Å². The Labute approximate surface area is 110 Å². The molecule has 1 heterocycles. The maximum atomic E-state index is 5.86. The molecule has 1 aromatic rings. The number of hydrogen-bond donors (Lipinski definition) is 1. The van der Waals surface area contributed by atoms with Gasteiger partial charge >= 0.3 is 0 Å². The Bertz CT molecular complexity index is 384. The monoisotopic (exact) mass is 248 g/mol. The number of rotatable bonds is 4. The van der Waals surface area contributed by atoms with Crippen molar-refractivity contribution in [1.82, 2.24) is 0 Å². The molecular weight excluding hydrogens is 224 g/mol. The molecule has 3 nitrogen and oxygen atoms in total. The summed E-state index contributed by atoms with van der Waals surface area (Å²) < 4.78 is 5.50. The van der Waals surface area contributed by atoms with E-state index in [-0.39, 0.29) is 6.04 Å². The molecule has 0 aromatic heterocycles. The van der Waals surface area contributed by atoms with Gasteiger partial charge in [-0.25, -0.2) is 0 Å². The zero-order valence-corrected chi connectivity index (χ0v) is 11.5. The smallest absolute Gasteiger partial charge is 0.124 e. The van der Waals surface area contributed by atoms with E-state index in [9.17, 15) is 0 Å². The van der Waals surface area contributed by atoms with Crippen LogP contribution in [-0.4, -0.2) is 26.2 Å². The molecule has 0 amide bonds. The van der Waals surface area contributed by atoms with E-state index >= 15 is 0 Å². The molecule has 3 heteroatoms. The summed E-state index contributed by atoms with van der Waals surface area (Å²) in [6, 6.07) is 6.68. The average Bonchev–Trinajstić information content (AvgIpc) is 2.39. The molecule has 1 saturated heterocycles. The molecule has 1 aliphatic rings. The summed E-state index contributed by atoms with van der Waals surface area (Å²) in [5.41, 5.74) is 8.34. The van der Waals surface area contributed by atoms with E-state index in [1.807, 2.05) is 6.92 Å². The van der Waals surface area contributed by atoms with Gasteiger partial charge in [-0.2, -0.15) is 0 Å². The van der Waals surface area contributed by atoms with E-state index in [0.29, 0.717) is 0 Å². The van der Waals surface area contributed by atoms with Gasteiger partial charge in [0.05, 0.1) is 7.11 Å². The minimum atomic E-state index is 0.166. The number of methoxy groups -OCH3 is 1. The van der Waals surface area contributed by atoms with Crippen LogP contribution in [0.15, 0.2) is 18.2 Å². The third-order valence-corrected chi connectivity index (χ3v) is 3.53. The molecule has 18 heavy (non-hydrogen) atoms. The Kier molecular flexibility index (Phi) is 4.48. The van der Waals surface area contributed by atoms with Gasteiger partial charge < -0.3 is 15.4 Å². The third-order valence-electron chi connectivity index (χ3n) is 3.53. The molecule has 2 N–H and O–H groups in total. The van der Waals surface area contributed by atoms with Crippen LogP contribution in [0.1, 0.15) is 31.7 Å². The van der Waals surface area contributed by atoms with E-state index in [2.05, 4.69) is 23.1 Å². The summed E-state index contributed by atoms with van der Waals surface area (Å²) in [6.07, 6.45) is 4.81. The van der Waals surface area contributed by atoms with Crippen LogP contribution in [0.25, 0.3) is 0 Å². The molecule has 1 unspecified atom stereocenters. The highest BCUT2D eigenvalue weighted by Gasteiger charge is 2.13. The van der Waals surface area contributed by atoms with Gasteiger partial charge in [0.2, 0.25) is 0 Å². The normalized spacial score (nSPS) is 17.6. The highest BCUT2D eigenvalue weighted by atomic mass is 16.5. The van der Waals surface area contributed by atoms with Crippen molar-refractivity contribution in [1.29, 1.82) is 0 Å². The number of piperidine rings is 1. The Morgan fingerprint density at radius 1 is 1.28 bits per heavy atom. The molecule has 1 fully saturated rings. The Hall–Kier alpha value is -1.22. The van der Waals surface area contributed by atoms with Gasteiger partial charge in [-0.15, -0.1) is 0 Å². The van der Waals surface area contributed by atoms with Crippen LogP contribution in [0.4, 0.5) is 5.69 Å². The summed E-state index contributed by atoms with van der Waals surface area (Å²) in [7, 11) is 1.74. The first-order chi connectivity index (χ1) is 8.70. The molecule has 0 spiro atoms. The number of nitrogens with zero attached hydrogens (tertiary/aromatic N) is 1. The first kappa shape index (κ1) is 13.2. The molecule has 100 valence electrons. The molecule has 1 atom stereocenters. The first-order valence-electron chi connectivity index (χ1n) is 6.88. The van der Waals surface area contributed by atoms with Crippen LogP contribution >= 0.6 is 0 Å². The van der Waals surface area contributed by atoms with Crippen LogP contribution in [0.5, 0.6) is 5.75 Å². The second-order valence-corrected chi connectivity index (χ2v) is 5.23. The lowest BCUT2D eigenvalue weighted by molar-refractivity contribution is 0.408. The zero-order valence-electron chi connectivity index (χ0n) is 11.5. The van der Waals surface area contributed by atoms with Crippen molar-refractivity contribution >= 4 is 5.69 Å². The van der Waals surface area contributed by atoms with E-state index < -0.39 is 0 Å². The summed E-state index contributed by atoms with van der Waals surface area (Å²) in [5, 5.41) is 0. The predicted molar refractivity (Wildman–Crippen MR) is 76.4 cm³/mol. The van der Waals surface area contributed by atoms with Crippen LogP contribution < -0.4 is 15.4 Å². The molecule has 1 aromatic carbocycles. The molecular formula is C15H24N2O. The molecule has 1 aliphatic heterocycles. The zero-order chi connectivity index (χ0) is 13.0. The van der Waals surface area contributed by atoms with Crippen LogP contribution in [0.3, 0.4) is 0 Å². The van der Waals surface area contributed by atoms with Crippen LogP contribution in [-0.2, 0) is 6.42 Å². The van der Waals surface area contributed by atoms with Gasteiger partial charge in [-0.3, -0.25) is 0 Å². The fourth-order valence-corrected chi connectivity index (χ4v) is 2.60. The van der Waals surface area contributed by atoms with Crippen molar-refractivity contribution in [2.45, 2.75) is 38.6 Å². The van der Waals surface area contributed by atoms with Gasteiger partial charge in [0.15, 0.2) is 0 Å². The molecule has 0 saturated carbocycles. The van der Waals surface area contributed by atoms with E-state index in [0.717, 1.165) is 25.3 Å². The maximum absolute atomic E-state index is 5.86. The SMILES string of the molecule is COc1cc(N2CCCCC2)ccc1CC(C)N. The van der Waals surface area contributed by atoms with Crippen LogP contribution in [0, 0.1) is 0 Å². The lowest BCUT2D eigenvalue weighted by Crippen LogP contribution is -2.29. The van der Waals surface area contributed by atoms with Gasteiger partial charge in [-0.1, -0.05) is 6.07 Å². The number of nitrogens with two attached hydrogens (primary N) is 1. The fraction of sp³-hybridized carbons (Fsp3) is 0.600. The fourth-order valence-electron chi connectivity index (χ4n) is 2.60. The molecule has 0 bridgehead atoms. The topological polar surface area (TPSA) is 38.5 Å². The van der Waals surface area contributed by atoms with Crippen molar-refractivity contribution in [2.75, 3.05) is 25.1 Å². The van der Waals surface area contributed by atoms with Crippen LogP contribution in [0.2, 0.25) is 0 Å². The predicted octanol–water partition coefficient (Wildman–Crippen LogP) is 2.58. The standard InChI is InChI=1S/C15H24N2O/c1-12(16)10-13-6-7-14(11-15(13)18-2)17-8-4-3-5-9-17/h6-7,11-12H,3-5,8-10,16H2,1-2H3. The summed E-state index contributed by atoms with van der Waals surface area (Å²) in [6.45, 7) is 4.35. The quantitative estimate of drug-likeness (QED) is 0.890. The largest absolute Gasteiger partial charge is 0.496 e. The molecule has 2 rings (SSSR count). The maximum Gasteiger partial charge on any atom is 0.124 e. The lowest BCUT2D eigenvalue weighted by Gasteiger charge is -2.29. The number of hydrogen-bond acceptors (Lipinski definition) is 3. The summed E-state index contributed by atoms with van der Waals surface area (Å²) in [5.74, 6) is 0.968. The molecule has 0 radical (unpaired) electrons.